The minimum atomic E-state index is -4.13. The lowest BCUT2D eigenvalue weighted by molar-refractivity contribution is -0.166. The molecule has 0 saturated carbocycles. The Morgan fingerprint density at radius 1 is 1.41 bits per heavy atom. The number of furan rings is 1. The molecule has 0 amide bonds. The lowest BCUT2D eigenvalue weighted by Crippen LogP contribution is -2.36. The van der Waals surface area contributed by atoms with Gasteiger partial charge >= 0.3 is 12.3 Å². The maximum absolute atomic E-state index is 12.4. The zero-order valence-corrected chi connectivity index (χ0v) is 8.91. The first-order valence-electron chi connectivity index (χ1n) is 4.92. The molecule has 0 aromatic carbocycles. The molecule has 1 atom stereocenters. The first-order valence-corrected chi connectivity index (χ1v) is 4.92. The largest absolute Gasteiger partial charge is 0.472 e. The maximum atomic E-state index is 12.4. The molecule has 1 rings (SSSR count). The fraction of sp³-hybridized carbons (Fsp3) is 0.600. The van der Waals surface area contributed by atoms with Crippen molar-refractivity contribution in [1.29, 1.82) is 0 Å². The normalized spacial score (nSPS) is 14.2. The standard InChI is InChI=1S/C10H13F4NO2/c11-9(12)10(13,14)6-17-5-8(15)3-7-1-2-16-4-7/h1-2,4,8-9H,3,5-6,15H2. The van der Waals surface area contributed by atoms with Gasteiger partial charge in [0.15, 0.2) is 0 Å². The van der Waals surface area contributed by atoms with Crippen LogP contribution in [0.25, 0.3) is 0 Å². The number of halogens is 4. The van der Waals surface area contributed by atoms with Crippen LogP contribution in [0.1, 0.15) is 5.56 Å². The third kappa shape index (κ3) is 4.74. The average molecular weight is 255 g/mol. The van der Waals surface area contributed by atoms with Crippen LogP contribution in [-0.2, 0) is 11.2 Å². The second-order valence-corrected chi connectivity index (χ2v) is 3.67. The van der Waals surface area contributed by atoms with Crippen LogP contribution in [0.4, 0.5) is 17.6 Å². The van der Waals surface area contributed by atoms with Crippen LogP contribution in [0.3, 0.4) is 0 Å². The van der Waals surface area contributed by atoms with E-state index in [1.165, 1.54) is 12.5 Å². The fourth-order valence-corrected chi connectivity index (χ4v) is 1.18. The molecule has 98 valence electrons. The molecule has 0 bridgehead atoms. The van der Waals surface area contributed by atoms with Crippen molar-refractivity contribution in [2.75, 3.05) is 13.2 Å². The monoisotopic (exact) mass is 255 g/mol. The molecule has 0 radical (unpaired) electrons. The quantitative estimate of drug-likeness (QED) is 0.759. The lowest BCUT2D eigenvalue weighted by Gasteiger charge is -2.17. The summed E-state index contributed by atoms with van der Waals surface area (Å²) in [5.41, 5.74) is 6.36. The van der Waals surface area contributed by atoms with Crippen LogP contribution in [-0.4, -0.2) is 31.6 Å². The summed E-state index contributed by atoms with van der Waals surface area (Å²) in [6.45, 7) is -1.54. The van der Waals surface area contributed by atoms with Gasteiger partial charge in [-0.2, -0.15) is 8.78 Å². The molecule has 0 aliphatic carbocycles. The summed E-state index contributed by atoms with van der Waals surface area (Å²) in [7, 11) is 0. The number of ether oxygens (including phenoxy) is 1. The van der Waals surface area contributed by atoms with E-state index in [0.29, 0.717) is 6.42 Å². The summed E-state index contributed by atoms with van der Waals surface area (Å²) >= 11 is 0. The van der Waals surface area contributed by atoms with E-state index in [1.807, 2.05) is 0 Å². The maximum Gasteiger partial charge on any atom is 0.330 e. The molecule has 0 fully saturated rings. The smallest absolute Gasteiger partial charge is 0.330 e. The topological polar surface area (TPSA) is 48.4 Å². The Balaban J connectivity index is 2.22. The highest BCUT2D eigenvalue weighted by molar-refractivity contribution is 5.06. The summed E-state index contributed by atoms with van der Waals surface area (Å²) in [4.78, 5) is 0. The van der Waals surface area contributed by atoms with E-state index in [9.17, 15) is 17.6 Å². The highest BCUT2D eigenvalue weighted by Gasteiger charge is 2.40. The summed E-state index contributed by atoms with van der Waals surface area (Å²) in [5.74, 6) is -4.13. The Morgan fingerprint density at radius 3 is 2.65 bits per heavy atom. The minimum absolute atomic E-state index is 0.215. The van der Waals surface area contributed by atoms with Crippen LogP contribution in [0.15, 0.2) is 23.0 Å². The van der Waals surface area contributed by atoms with E-state index in [1.54, 1.807) is 6.07 Å². The van der Waals surface area contributed by atoms with E-state index in [2.05, 4.69) is 4.74 Å². The van der Waals surface area contributed by atoms with Crippen molar-refractivity contribution in [3.05, 3.63) is 24.2 Å². The molecule has 1 aromatic rings. The van der Waals surface area contributed by atoms with Gasteiger partial charge in [-0.05, 0) is 18.1 Å². The Kier molecular flexibility index (Phi) is 4.95. The second-order valence-electron chi connectivity index (χ2n) is 3.67. The van der Waals surface area contributed by atoms with Crippen LogP contribution < -0.4 is 5.73 Å². The summed E-state index contributed by atoms with van der Waals surface area (Å²) in [6.07, 6.45) is -0.439. The number of hydrogen-bond donors (Lipinski definition) is 1. The van der Waals surface area contributed by atoms with Crippen LogP contribution in [0.2, 0.25) is 0 Å². The van der Waals surface area contributed by atoms with Gasteiger partial charge in [-0.25, -0.2) is 8.78 Å². The minimum Gasteiger partial charge on any atom is -0.472 e. The van der Waals surface area contributed by atoms with Crippen LogP contribution >= 0.6 is 0 Å². The lowest BCUT2D eigenvalue weighted by atomic mass is 10.1. The summed E-state index contributed by atoms with van der Waals surface area (Å²) in [5, 5.41) is 0. The molecule has 1 aromatic heterocycles. The number of hydrogen-bond acceptors (Lipinski definition) is 3. The number of nitrogens with two attached hydrogens (primary N) is 1. The van der Waals surface area contributed by atoms with E-state index in [4.69, 9.17) is 10.2 Å². The first-order chi connectivity index (χ1) is 7.92. The predicted octanol–water partition coefficient (Wildman–Crippen LogP) is 2.07. The van der Waals surface area contributed by atoms with Gasteiger partial charge in [0.1, 0.15) is 6.61 Å². The highest BCUT2D eigenvalue weighted by Crippen LogP contribution is 2.22. The summed E-state index contributed by atoms with van der Waals surface area (Å²) in [6, 6.07) is 1.13. The molecule has 1 heterocycles. The van der Waals surface area contributed by atoms with Crippen LogP contribution in [0.5, 0.6) is 0 Å². The Morgan fingerprint density at radius 2 is 2.12 bits per heavy atom. The van der Waals surface area contributed by atoms with E-state index < -0.39 is 25.0 Å². The predicted molar refractivity (Wildman–Crippen MR) is 52.2 cm³/mol. The Bertz CT molecular complexity index is 316. The van der Waals surface area contributed by atoms with E-state index in [-0.39, 0.29) is 6.61 Å². The van der Waals surface area contributed by atoms with Crippen molar-refractivity contribution < 1.29 is 26.7 Å². The first kappa shape index (κ1) is 14.0. The van der Waals surface area contributed by atoms with Crippen LogP contribution in [0, 0.1) is 0 Å². The van der Waals surface area contributed by atoms with E-state index in [0.717, 1.165) is 5.56 Å². The number of alkyl halides is 4. The third-order valence-electron chi connectivity index (χ3n) is 2.02. The van der Waals surface area contributed by atoms with Gasteiger partial charge in [0.25, 0.3) is 0 Å². The van der Waals surface area contributed by atoms with Crippen molar-refractivity contribution in [3.63, 3.8) is 0 Å². The van der Waals surface area contributed by atoms with Gasteiger partial charge in [0, 0.05) is 6.04 Å². The van der Waals surface area contributed by atoms with Gasteiger partial charge < -0.3 is 14.9 Å². The van der Waals surface area contributed by atoms with Crippen molar-refractivity contribution in [2.24, 2.45) is 5.73 Å². The molecule has 0 aliphatic rings. The molecule has 17 heavy (non-hydrogen) atoms. The molecule has 0 aliphatic heterocycles. The molecule has 2 N–H and O–H groups in total. The van der Waals surface area contributed by atoms with Gasteiger partial charge in [-0.1, -0.05) is 0 Å². The second kappa shape index (κ2) is 6.02. The molecular weight excluding hydrogens is 242 g/mol. The number of rotatable bonds is 7. The van der Waals surface area contributed by atoms with E-state index >= 15 is 0 Å². The SMILES string of the molecule is NC(COCC(F)(F)C(F)F)Cc1ccoc1. The molecule has 3 nitrogen and oxygen atoms in total. The zero-order chi connectivity index (χ0) is 12.9. The van der Waals surface area contributed by atoms with Gasteiger partial charge in [-0.15, -0.1) is 0 Å². The molecule has 7 heteroatoms. The zero-order valence-electron chi connectivity index (χ0n) is 8.91. The molecule has 0 saturated heterocycles. The van der Waals surface area contributed by atoms with Crippen molar-refractivity contribution >= 4 is 0 Å². The average Bonchev–Trinajstić information content (AvgIpc) is 2.69. The molecule has 0 spiro atoms. The van der Waals surface area contributed by atoms with Gasteiger partial charge in [0.05, 0.1) is 19.1 Å². The van der Waals surface area contributed by atoms with Crippen molar-refractivity contribution in [3.8, 4) is 0 Å². The molecule has 1 unspecified atom stereocenters. The highest BCUT2D eigenvalue weighted by atomic mass is 19.3. The van der Waals surface area contributed by atoms with Gasteiger partial charge in [0.2, 0.25) is 0 Å². The molecular formula is C10H13F4NO2. The fourth-order valence-electron chi connectivity index (χ4n) is 1.18. The van der Waals surface area contributed by atoms with Crippen molar-refractivity contribution in [1.82, 2.24) is 0 Å². The van der Waals surface area contributed by atoms with Gasteiger partial charge in [-0.3, -0.25) is 0 Å². The summed E-state index contributed by atoms with van der Waals surface area (Å²) < 4.78 is 57.7. The third-order valence-corrected chi connectivity index (χ3v) is 2.02. The van der Waals surface area contributed by atoms with Crippen molar-refractivity contribution in [2.45, 2.75) is 24.8 Å². The Labute approximate surface area is 95.5 Å². The Hall–Kier alpha value is -1.08.